The number of hydrogen-bond acceptors (Lipinski definition) is 6. The van der Waals surface area contributed by atoms with Crippen molar-refractivity contribution >= 4 is 17.8 Å². The second kappa shape index (κ2) is 7.18. The monoisotopic (exact) mass is 326 g/mol. The first-order valence-corrected chi connectivity index (χ1v) is 7.18. The number of aromatic nitrogens is 4. The highest BCUT2D eigenvalue weighted by Gasteiger charge is 2.11. The molecule has 3 aromatic rings. The molecule has 0 aliphatic heterocycles. The van der Waals surface area contributed by atoms with E-state index in [2.05, 4.69) is 30.8 Å². The molecule has 0 aromatic carbocycles. The Morgan fingerprint density at radius 2 is 2.08 bits per heavy atom. The minimum atomic E-state index is -0.370. The number of aromatic amines is 1. The van der Waals surface area contributed by atoms with E-state index in [4.69, 9.17) is 4.42 Å². The van der Waals surface area contributed by atoms with Crippen LogP contribution in [0.25, 0.3) is 11.5 Å². The van der Waals surface area contributed by atoms with Crippen LogP contribution in [0.15, 0.2) is 47.2 Å². The summed E-state index contributed by atoms with van der Waals surface area (Å²) in [6.45, 7) is 0.173. The molecule has 0 saturated heterocycles. The van der Waals surface area contributed by atoms with Crippen LogP contribution in [0, 0.1) is 0 Å². The Kier molecular flexibility index (Phi) is 4.61. The molecule has 9 nitrogen and oxygen atoms in total. The van der Waals surface area contributed by atoms with Gasteiger partial charge >= 0.3 is 0 Å². The van der Waals surface area contributed by atoms with Gasteiger partial charge in [-0.15, -0.1) is 10.2 Å². The van der Waals surface area contributed by atoms with Gasteiger partial charge in [0.1, 0.15) is 5.69 Å². The highest BCUT2D eigenvalue weighted by Crippen LogP contribution is 2.11. The summed E-state index contributed by atoms with van der Waals surface area (Å²) >= 11 is 0. The molecule has 0 radical (unpaired) electrons. The first-order valence-electron chi connectivity index (χ1n) is 7.18. The molecule has 3 rings (SSSR count). The maximum atomic E-state index is 11.8. The highest BCUT2D eigenvalue weighted by molar-refractivity contribution is 5.92. The van der Waals surface area contributed by atoms with Crippen molar-refractivity contribution in [1.82, 2.24) is 25.5 Å². The fourth-order valence-electron chi connectivity index (χ4n) is 1.92. The standard InChI is InChI=1S/C15H14N6O3/c22-12(6-8-17-14(23)11-5-3-9-24-11)18-15-19-13(20-21-15)10-4-1-2-7-16-10/h1-5,7,9H,6,8H2,(H,17,23)(H2,18,19,20,21,22). The lowest BCUT2D eigenvalue weighted by molar-refractivity contribution is -0.116. The second-order valence-electron chi connectivity index (χ2n) is 4.77. The minimum absolute atomic E-state index is 0.0894. The predicted octanol–water partition coefficient (Wildman–Crippen LogP) is 1.22. The first-order chi connectivity index (χ1) is 11.7. The summed E-state index contributed by atoms with van der Waals surface area (Å²) in [5.41, 5.74) is 0.621. The van der Waals surface area contributed by atoms with Crippen LogP contribution in [0.2, 0.25) is 0 Å². The Hall–Kier alpha value is -3.49. The number of hydrogen-bond donors (Lipinski definition) is 3. The maximum Gasteiger partial charge on any atom is 0.286 e. The van der Waals surface area contributed by atoms with E-state index in [1.807, 2.05) is 6.07 Å². The predicted molar refractivity (Wildman–Crippen MR) is 83.9 cm³/mol. The lowest BCUT2D eigenvalue weighted by atomic mass is 10.3. The van der Waals surface area contributed by atoms with Gasteiger partial charge in [0.05, 0.1) is 6.26 Å². The Labute approximate surface area is 136 Å². The minimum Gasteiger partial charge on any atom is -0.459 e. The van der Waals surface area contributed by atoms with Gasteiger partial charge in [-0.1, -0.05) is 6.07 Å². The van der Waals surface area contributed by atoms with Crippen LogP contribution in [0.1, 0.15) is 17.0 Å². The van der Waals surface area contributed by atoms with Crippen molar-refractivity contribution in [3.63, 3.8) is 0 Å². The molecule has 3 N–H and O–H groups in total. The third-order valence-electron chi connectivity index (χ3n) is 3.03. The first kappa shape index (κ1) is 15.4. The molecule has 0 aliphatic carbocycles. The number of carbonyl (C=O) groups excluding carboxylic acids is 2. The van der Waals surface area contributed by atoms with Crippen molar-refractivity contribution in [2.75, 3.05) is 11.9 Å². The molecular weight excluding hydrogens is 312 g/mol. The van der Waals surface area contributed by atoms with Crippen molar-refractivity contribution in [1.29, 1.82) is 0 Å². The Morgan fingerprint density at radius 1 is 1.17 bits per heavy atom. The zero-order chi connectivity index (χ0) is 16.8. The van der Waals surface area contributed by atoms with Gasteiger partial charge in [-0.25, -0.2) is 0 Å². The van der Waals surface area contributed by atoms with Gasteiger partial charge in [0.25, 0.3) is 5.91 Å². The van der Waals surface area contributed by atoms with Crippen LogP contribution < -0.4 is 10.6 Å². The SMILES string of the molecule is O=C(CCNC(=O)c1ccco1)Nc1nnc(-c2ccccn2)[nH]1. The fourth-order valence-corrected chi connectivity index (χ4v) is 1.92. The molecular formula is C15H14N6O3. The molecule has 0 aliphatic rings. The molecule has 2 amide bonds. The summed E-state index contributed by atoms with van der Waals surface area (Å²) in [6, 6.07) is 8.55. The normalized spacial score (nSPS) is 10.3. The van der Waals surface area contributed by atoms with Crippen LogP contribution in [0.5, 0.6) is 0 Å². The zero-order valence-corrected chi connectivity index (χ0v) is 12.5. The van der Waals surface area contributed by atoms with Crippen molar-refractivity contribution < 1.29 is 14.0 Å². The number of furan rings is 1. The summed E-state index contributed by atoms with van der Waals surface area (Å²) in [5, 5.41) is 12.9. The third kappa shape index (κ3) is 3.83. The van der Waals surface area contributed by atoms with Crippen molar-refractivity contribution in [2.24, 2.45) is 0 Å². The highest BCUT2D eigenvalue weighted by atomic mass is 16.3. The van der Waals surface area contributed by atoms with Gasteiger partial charge in [-0.05, 0) is 24.3 Å². The van der Waals surface area contributed by atoms with Crippen molar-refractivity contribution in [3.05, 3.63) is 48.6 Å². The summed E-state index contributed by atoms with van der Waals surface area (Å²) in [7, 11) is 0. The Balaban J connectivity index is 1.47. The summed E-state index contributed by atoms with van der Waals surface area (Å²) in [5.74, 6) is 0.198. The average Bonchev–Trinajstić information content (AvgIpc) is 3.27. The lowest BCUT2D eigenvalue weighted by Gasteiger charge is -2.03. The van der Waals surface area contributed by atoms with Gasteiger partial charge in [-0.3, -0.25) is 19.9 Å². The Morgan fingerprint density at radius 3 is 2.83 bits per heavy atom. The van der Waals surface area contributed by atoms with Gasteiger partial charge in [0.15, 0.2) is 11.6 Å². The van der Waals surface area contributed by atoms with Gasteiger partial charge in [0, 0.05) is 19.2 Å². The van der Waals surface area contributed by atoms with Crippen molar-refractivity contribution in [3.8, 4) is 11.5 Å². The molecule has 122 valence electrons. The van der Waals surface area contributed by atoms with Gasteiger partial charge < -0.3 is 14.7 Å². The van der Waals surface area contributed by atoms with Gasteiger partial charge in [-0.2, -0.15) is 0 Å². The maximum absolute atomic E-state index is 11.8. The summed E-state index contributed by atoms with van der Waals surface area (Å²) in [6.07, 6.45) is 3.13. The van der Waals surface area contributed by atoms with Crippen LogP contribution in [-0.2, 0) is 4.79 Å². The third-order valence-corrected chi connectivity index (χ3v) is 3.03. The van der Waals surface area contributed by atoms with E-state index in [-0.39, 0.29) is 36.5 Å². The molecule has 0 saturated carbocycles. The molecule has 0 fully saturated rings. The molecule has 0 spiro atoms. The average molecular weight is 326 g/mol. The molecule has 9 heteroatoms. The van der Waals surface area contributed by atoms with E-state index in [0.29, 0.717) is 11.5 Å². The Bertz CT molecular complexity index is 813. The van der Waals surface area contributed by atoms with Crippen LogP contribution in [0.3, 0.4) is 0 Å². The number of pyridine rings is 1. The van der Waals surface area contributed by atoms with Crippen LogP contribution in [-0.4, -0.2) is 38.5 Å². The molecule has 0 atom stereocenters. The zero-order valence-electron chi connectivity index (χ0n) is 12.5. The van der Waals surface area contributed by atoms with E-state index >= 15 is 0 Å². The fraction of sp³-hybridized carbons (Fsp3) is 0.133. The van der Waals surface area contributed by atoms with Crippen LogP contribution in [0.4, 0.5) is 5.95 Å². The lowest BCUT2D eigenvalue weighted by Crippen LogP contribution is -2.27. The molecule has 0 bridgehead atoms. The second-order valence-corrected chi connectivity index (χ2v) is 4.77. The van der Waals surface area contributed by atoms with E-state index in [1.54, 1.807) is 30.5 Å². The molecule has 3 aromatic heterocycles. The van der Waals surface area contributed by atoms with E-state index in [0.717, 1.165) is 0 Å². The molecule has 24 heavy (non-hydrogen) atoms. The topological polar surface area (TPSA) is 126 Å². The number of amides is 2. The molecule has 0 unspecified atom stereocenters. The number of H-pyrrole nitrogens is 1. The number of nitrogens with zero attached hydrogens (tertiary/aromatic N) is 3. The quantitative estimate of drug-likeness (QED) is 0.625. The number of nitrogens with one attached hydrogen (secondary N) is 3. The number of rotatable bonds is 6. The summed E-state index contributed by atoms with van der Waals surface area (Å²) < 4.78 is 4.95. The van der Waals surface area contributed by atoms with E-state index in [9.17, 15) is 9.59 Å². The number of anilines is 1. The van der Waals surface area contributed by atoms with Crippen LogP contribution >= 0.6 is 0 Å². The molecule has 3 heterocycles. The largest absolute Gasteiger partial charge is 0.459 e. The summed E-state index contributed by atoms with van der Waals surface area (Å²) in [4.78, 5) is 30.5. The van der Waals surface area contributed by atoms with Gasteiger partial charge in [0.2, 0.25) is 11.9 Å². The van der Waals surface area contributed by atoms with E-state index < -0.39 is 0 Å². The van der Waals surface area contributed by atoms with E-state index in [1.165, 1.54) is 6.26 Å². The smallest absolute Gasteiger partial charge is 0.286 e. The number of carbonyl (C=O) groups is 2. The van der Waals surface area contributed by atoms with Crippen molar-refractivity contribution in [2.45, 2.75) is 6.42 Å².